The first-order valence-electron chi connectivity index (χ1n) is 6.56. The van der Waals surface area contributed by atoms with E-state index in [1.165, 1.54) is 11.1 Å². The molecule has 94 valence electrons. The third-order valence-corrected chi connectivity index (χ3v) is 3.24. The first-order valence-corrected chi connectivity index (χ1v) is 6.56. The van der Waals surface area contributed by atoms with Gasteiger partial charge in [0.05, 0.1) is 6.10 Å². The molecule has 1 nitrogen and oxygen atoms in total. The lowest BCUT2D eigenvalue weighted by atomic mass is 10.0. The maximum absolute atomic E-state index is 9.44. The van der Waals surface area contributed by atoms with Crippen molar-refractivity contribution in [3.05, 3.63) is 71.3 Å². The Morgan fingerprint density at radius 3 is 1.94 bits per heavy atom. The van der Waals surface area contributed by atoms with Crippen LogP contribution in [0.4, 0.5) is 0 Å². The quantitative estimate of drug-likeness (QED) is 0.840. The van der Waals surface area contributed by atoms with E-state index in [4.69, 9.17) is 0 Å². The molecule has 1 atom stereocenters. The molecule has 0 spiro atoms. The lowest BCUT2D eigenvalue weighted by Crippen LogP contribution is -1.93. The fourth-order valence-corrected chi connectivity index (χ4v) is 2.10. The third kappa shape index (κ3) is 3.71. The van der Waals surface area contributed by atoms with E-state index in [1.807, 2.05) is 12.1 Å². The Bertz CT molecular complexity index is 457. The molecule has 0 saturated carbocycles. The Labute approximate surface area is 109 Å². The van der Waals surface area contributed by atoms with Gasteiger partial charge in [0, 0.05) is 0 Å². The van der Waals surface area contributed by atoms with Crippen LogP contribution in [0.25, 0.3) is 0 Å². The predicted molar refractivity (Wildman–Crippen MR) is 75.5 cm³/mol. The fraction of sp³-hybridized carbons (Fsp3) is 0.294. The van der Waals surface area contributed by atoms with E-state index in [9.17, 15) is 5.11 Å². The summed E-state index contributed by atoms with van der Waals surface area (Å²) in [4.78, 5) is 0. The molecule has 1 N–H and O–H groups in total. The molecule has 0 aromatic heterocycles. The Morgan fingerprint density at radius 2 is 1.39 bits per heavy atom. The lowest BCUT2D eigenvalue weighted by molar-refractivity contribution is 0.199. The highest BCUT2D eigenvalue weighted by molar-refractivity contribution is 5.24. The van der Waals surface area contributed by atoms with E-state index in [2.05, 4.69) is 42.5 Å². The summed E-state index contributed by atoms with van der Waals surface area (Å²) in [5, 5.41) is 9.44. The maximum atomic E-state index is 9.44. The smallest absolute Gasteiger partial charge is 0.0761 e. The monoisotopic (exact) mass is 240 g/mol. The van der Waals surface area contributed by atoms with Crippen molar-refractivity contribution >= 4 is 0 Å². The standard InChI is InChI=1S/C17H20O/c1-14(18)17-12-10-16(11-13-17)9-5-8-15-6-3-2-4-7-15/h2-4,6-7,10-14,18H,5,8-9H2,1H3. The molecule has 0 fully saturated rings. The van der Waals surface area contributed by atoms with E-state index in [0.717, 1.165) is 24.8 Å². The van der Waals surface area contributed by atoms with E-state index in [1.54, 1.807) is 6.92 Å². The molecule has 0 bridgehead atoms. The molecule has 0 aliphatic carbocycles. The van der Waals surface area contributed by atoms with Crippen molar-refractivity contribution in [2.45, 2.75) is 32.3 Å². The number of aliphatic hydroxyl groups excluding tert-OH is 1. The normalized spacial score (nSPS) is 12.3. The summed E-state index contributed by atoms with van der Waals surface area (Å²) in [6.45, 7) is 1.80. The Morgan fingerprint density at radius 1 is 0.833 bits per heavy atom. The predicted octanol–water partition coefficient (Wildman–Crippen LogP) is 3.92. The molecule has 18 heavy (non-hydrogen) atoms. The summed E-state index contributed by atoms with van der Waals surface area (Å²) in [7, 11) is 0. The van der Waals surface area contributed by atoms with Gasteiger partial charge in [0.1, 0.15) is 0 Å². The molecule has 0 heterocycles. The minimum absolute atomic E-state index is 0.372. The fourth-order valence-electron chi connectivity index (χ4n) is 2.10. The summed E-state index contributed by atoms with van der Waals surface area (Å²) in [5.74, 6) is 0. The Balaban J connectivity index is 1.83. The molecule has 1 heteroatoms. The number of hydrogen-bond acceptors (Lipinski definition) is 1. The van der Waals surface area contributed by atoms with Gasteiger partial charge in [-0.2, -0.15) is 0 Å². The highest BCUT2D eigenvalue weighted by atomic mass is 16.3. The second kappa shape index (κ2) is 6.36. The van der Waals surface area contributed by atoms with Crippen molar-refractivity contribution in [3.8, 4) is 0 Å². The maximum Gasteiger partial charge on any atom is 0.0761 e. The minimum Gasteiger partial charge on any atom is -0.389 e. The van der Waals surface area contributed by atoms with Crippen LogP contribution < -0.4 is 0 Å². The van der Waals surface area contributed by atoms with Gasteiger partial charge < -0.3 is 5.11 Å². The number of aliphatic hydroxyl groups is 1. The molecule has 2 aromatic rings. The summed E-state index contributed by atoms with van der Waals surface area (Å²) < 4.78 is 0. The van der Waals surface area contributed by atoms with E-state index in [-0.39, 0.29) is 6.10 Å². The zero-order valence-corrected chi connectivity index (χ0v) is 10.8. The van der Waals surface area contributed by atoms with Crippen LogP contribution >= 0.6 is 0 Å². The molecule has 2 rings (SSSR count). The first-order chi connectivity index (χ1) is 8.75. The molecule has 0 radical (unpaired) electrons. The molecule has 0 aliphatic heterocycles. The van der Waals surface area contributed by atoms with Crippen LogP contribution in [0, 0.1) is 0 Å². The first kappa shape index (κ1) is 12.8. The van der Waals surface area contributed by atoms with Crippen molar-refractivity contribution in [3.63, 3.8) is 0 Å². The molecule has 1 unspecified atom stereocenters. The molecule has 0 amide bonds. The van der Waals surface area contributed by atoms with Gasteiger partial charge in [-0.15, -0.1) is 0 Å². The third-order valence-electron chi connectivity index (χ3n) is 3.24. The second-order valence-corrected chi connectivity index (χ2v) is 4.76. The van der Waals surface area contributed by atoms with Gasteiger partial charge in [-0.25, -0.2) is 0 Å². The van der Waals surface area contributed by atoms with Gasteiger partial charge in [-0.05, 0) is 42.9 Å². The molecular weight excluding hydrogens is 220 g/mol. The summed E-state index contributed by atoms with van der Waals surface area (Å²) in [6, 6.07) is 18.9. The highest BCUT2D eigenvalue weighted by Gasteiger charge is 2.00. The van der Waals surface area contributed by atoms with Crippen LogP contribution in [0.3, 0.4) is 0 Å². The van der Waals surface area contributed by atoms with E-state index >= 15 is 0 Å². The second-order valence-electron chi connectivity index (χ2n) is 4.76. The zero-order chi connectivity index (χ0) is 12.8. The number of hydrogen-bond donors (Lipinski definition) is 1. The average Bonchev–Trinajstić information content (AvgIpc) is 2.40. The van der Waals surface area contributed by atoms with Crippen LogP contribution in [-0.4, -0.2) is 5.11 Å². The van der Waals surface area contributed by atoms with Gasteiger partial charge in [0.25, 0.3) is 0 Å². The molecule has 0 saturated heterocycles. The van der Waals surface area contributed by atoms with Gasteiger partial charge in [-0.1, -0.05) is 54.6 Å². The Hall–Kier alpha value is -1.60. The van der Waals surface area contributed by atoms with Crippen LogP contribution in [0.15, 0.2) is 54.6 Å². The van der Waals surface area contributed by atoms with Crippen LogP contribution in [-0.2, 0) is 12.8 Å². The summed E-state index contributed by atoms with van der Waals surface area (Å²) in [6.07, 6.45) is 3.01. The summed E-state index contributed by atoms with van der Waals surface area (Å²) >= 11 is 0. The van der Waals surface area contributed by atoms with Crippen molar-refractivity contribution in [1.29, 1.82) is 0 Å². The Kier molecular flexibility index (Phi) is 4.54. The number of aryl methyl sites for hydroxylation is 2. The highest BCUT2D eigenvalue weighted by Crippen LogP contribution is 2.14. The number of benzene rings is 2. The van der Waals surface area contributed by atoms with Gasteiger partial charge in [0.2, 0.25) is 0 Å². The molecular formula is C17H20O. The summed E-state index contributed by atoms with van der Waals surface area (Å²) in [5.41, 5.74) is 3.73. The van der Waals surface area contributed by atoms with E-state index < -0.39 is 0 Å². The van der Waals surface area contributed by atoms with Crippen LogP contribution in [0.2, 0.25) is 0 Å². The van der Waals surface area contributed by atoms with Gasteiger partial charge in [-0.3, -0.25) is 0 Å². The van der Waals surface area contributed by atoms with Crippen LogP contribution in [0.5, 0.6) is 0 Å². The SMILES string of the molecule is CC(O)c1ccc(CCCc2ccccc2)cc1. The van der Waals surface area contributed by atoms with E-state index in [0.29, 0.717) is 0 Å². The van der Waals surface area contributed by atoms with Crippen molar-refractivity contribution in [2.75, 3.05) is 0 Å². The van der Waals surface area contributed by atoms with Crippen molar-refractivity contribution in [1.82, 2.24) is 0 Å². The van der Waals surface area contributed by atoms with Crippen molar-refractivity contribution < 1.29 is 5.11 Å². The van der Waals surface area contributed by atoms with Gasteiger partial charge >= 0.3 is 0 Å². The molecule has 0 aliphatic rings. The number of rotatable bonds is 5. The topological polar surface area (TPSA) is 20.2 Å². The largest absolute Gasteiger partial charge is 0.389 e. The van der Waals surface area contributed by atoms with Crippen molar-refractivity contribution in [2.24, 2.45) is 0 Å². The van der Waals surface area contributed by atoms with Gasteiger partial charge in [0.15, 0.2) is 0 Å². The minimum atomic E-state index is -0.372. The zero-order valence-electron chi connectivity index (χ0n) is 10.8. The molecule has 2 aromatic carbocycles. The van der Waals surface area contributed by atoms with Crippen LogP contribution in [0.1, 0.15) is 36.1 Å². The lowest BCUT2D eigenvalue weighted by Gasteiger charge is -2.06. The average molecular weight is 240 g/mol.